The van der Waals surface area contributed by atoms with Crippen LogP contribution in [-0.2, 0) is 6.42 Å². The fraction of sp³-hybridized carbons (Fsp3) is 0.273. The van der Waals surface area contributed by atoms with Crippen LogP contribution in [0.4, 0.5) is 0 Å². The first-order valence-electron chi connectivity index (χ1n) is 4.61. The van der Waals surface area contributed by atoms with Gasteiger partial charge in [0.15, 0.2) is 0 Å². The maximum atomic E-state index is 8.46. The minimum atomic E-state index is 0.416. The number of nitrogens with zero attached hydrogens (tertiary/aromatic N) is 2. The third-order valence-corrected chi connectivity index (χ3v) is 2.60. The summed E-state index contributed by atoms with van der Waals surface area (Å²) in [6, 6.07) is 10.0. The zero-order valence-corrected chi connectivity index (χ0v) is 9.14. The molecule has 0 N–H and O–H groups in total. The van der Waals surface area contributed by atoms with E-state index in [0.29, 0.717) is 6.42 Å². The van der Waals surface area contributed by atoms with E-state index in [1.807, 2.05) is 38.1 Å². The average molecular weight is 204 g/mol. The van der Waals surface area contributed by atoms with E-state index in [1.165, 1.54) is 0 Å². The molecule has 1 aromatic carbocycles. The molecule has 1 heterocycles. The topological polar surface area (TPSA) is 36.7 Å². The number of rotatable bonds is 1. The SMILES string of the molecule is CC.N#CCc1nc2ccccc2s1. The molecule has 0 radical (unpaired) electrons. The summed E-state index contributed by atoms with van der Waals surface area (Å²) in [6.45, 7) is 4.00. The number of hydrogen-bond donors (Lipinski definition) is 0. The Bertz CT molecular complexity index is 407. The van der Waals surface area contributed by atoms with Gasteiger partial charge in [-0.3, -0.25) is 0 Å². The highest BCUT2D eigenvalue weighted by molar-refractivity contribution is 7.18. The van der Waals surface area contributed by atoms with Crippen LogP contribution in [0.3, 0.4) is 0 Å². The third-order valence-electron chi connectivity index (χ3n) is 1.57. The molecule has 0 aliphatic heterocycles. The Kier molecular flexibility index (Phi) is 4.09. The van der Waals surface area contributed by atoms with E-state index >= 15 is 0 Å². The normalized spacial score (nSPS) is 8.93. The minimum Gasteiger partial charge on any atom is -0.240 e. The summed E-state index contributed by atoms with van der Waals surface area (Å²) in [6.07, 6.45) is 0.416. The van der Waals surface area contributed by atoms with Gasteiger partial charge in [-0.1, -0.05) is 26.0 Å². The lowest BCUT2D eigenvalue weighted by Gasteiger charge is -1.80. The van der Waals surface area contributed by atoms with E-state index in [2.05, 4.69) is 11.1 Å². The summed E-state index contributed by atoms with van der Waals surface area (Å²) in [7, 11) is 0. The van der Waals surface area contributed by atoms with Crippen molar-refractivity contribution in [3.05, 3.63) is 29.3 Å². The molecule has 0 aliphatic rings. The molecule has 0 aliphatic carbocycles. The van der Waals surface area contributed by atoms with Crippen LogP contribution in [-0.4, -0.2) is 4.98 Å². The van der Waals surface area contributed by atoms with Crippen molar-refractivity contribution in [2.75, 3.05) is 0 Å². The zero-order chi connectivity index (χ0) is 10.4. The molecule has 0 saturated carbocycles. The van der Waals surface area contributed by atoms with Crippen molar-refractivity contribution in [2.45, 2.75) is 20.3 Å². The Morgan fingerprint density at radius 2 is 2.07 bits per heavy atom. The van der Waals surface area contributed by atoms with Crippen molar-refractivity contribution in [3.63, 3.8) is 0 Å². The van der Waals surface area contributed by atoms with Gasteiger partial charge in [0.2, 0.25) is 0 Å². The lowest BCUT2D eigenvalue weighted by atomic mass is 10.3. The summed E-state index contributed by atoms with van der Waals surface area (Å²) in [4.78, 5) is 4.30. The number of nitriles is 1. The van der Waals surface area contributed by atoms with Crippen LogP contribution in [0.5, 0.6) is 0 Å². The minimum absolute atomic E-state index is 0.416. The molecule has 0 spiro atoms. The van der Waals surface area contributed by atoms with E-state index in [9.17, 15) is 0 Å². The van der Waals surface area contributed by atoms with Gasteiger partial charge in [-0.05, 0) is 12.1 Å². The molecular formula is C11H12N2S. The van der Waals surface area contributed by atoms with Crippen molar-refractivity contribution in [2.24, 2.45) is 0 Å². The van der Waals surface area contributed by atoms with Crippen LogP contribution < -0.4 is 0 Å². The van der Waals surface area contributed by atoms with Crippen molar-refractivity contribution >= 4 is 21.6 Å². The monoisotopic (exact) mass is 204 g/mol. The van der Waals surface area contributed by atoms with Crippen LogP contribution in [0.25, 0.3) is 10.2 Å². The van der Waals surface area contributed by atoms with E-state index in [-0.39, 0.29) is 0 Å². The fourth-order valence-electron chi connectivity index (χ4n) is 1.06. The number of hydrogen-bond acceptors (Lipinski definition) is 3. The highest BCUT2D eigenvalue weighted by atomic mass is 32.1. The maximum Gasteiger partial charge on any atom is 0.108 e. The molecule has 0 saturated heterocycles. The maximum absolute atomic E-state index is 8.46. The first-order valence-corrected chi connectivity index (χ1v) is 5.43. The summed E-state index contributed by atoms with van der Waals surface area (Å²) in [5.41, 5.74) is 0.993. The molecule has 0 unspecified atom stereocenters. The van der Waals surface area contributed by atoms with E-state index < -0.39 is 0 Å². The van der Waals surface area contributed by atoms with E-state index in [0.717, 1.165) is 15.2 Å². The van der Waals surface area contributed by atoms with Crippen molar-refractivity contribution in [1.29, 1.82) is 5.26 Å². The zero-order valence-electron chi connectivity index (χ0n) is 8.32. The van der Waals surface area contributed by atoms with Crippen LogP contribution >= 0.6 is 11.3 Å². The van der Waals surface area contributed by atoms with Crippen LogP contribution in [0.15, 0.2) is 24.3 Å². The highest BCUT2D eigenvalue weighted by Crippen LogP contribution is 2.21. The van der Waals surface area contributed by atoms with Gasteiger partial charge in [-0.2, -0.15) is 5.26 Å². The van der Waals surface area contributed by atoms with Gasteiger partial charge in [0.05, 0.1) is 22.7 Å². The van der Waals surface area contributed by atoms with Crippen LogP contribution in [0, 0.1) is 11.3 Å². The van der Waals surface area contributed by atoms with Gasteiger partial charge in [0, 0.05) is 0 Å². The van der Waals surface area contributed by atoms with Crippen LogP contribution in [0.1, 0.15) is 18.9 Å². The van der Waals surface area contributed by atoms with Gasteiger partial charge < -0.3 is 0 Å². The third kappa shape index (κ3) is 2.30. The Morgan fingerprint density at radius 1 is 1.36 bits per heavy atom. The van der Waals surface area contributed by atoms with Gasteiger partial charge >= 0.3 is 0 Å². The molecule has 14 heavy (non-hydrogen) atoms. The molecule has 3 heteroatoms. The first-order chi connectivity index (χ1) is 6.90. The highest BCUT2D eigenvalue weighted by Gasteiger charge is 2.00. The summed E-state index contributed by atoms with van der Waals surface area (Å²) < 4.78 is 1.16. The number of fused-ring (bicyclic) bond motifs is 1. The average Bonchev–Trinajstić information content (AvgIpc) is 2.63. The quantitative estimate of drug-likeness (QED) is 0.714. The largest absolute Gasteiger partial charge is 0.240 e. The van der Waals surface area contributed by atoms with Gasteiger partial charge in [0.25, 0.3) is 0 Å². The van der Waals surface area contributed by atoms with Crippen LogP contribution in [0.2, 0.25) is 0 Å². The predicted octanol–water partition coefficient (Wildman–Crippen LogP) is 3.39. The number of thiazole rings is 1. The Morgan fingerprint density at radius 3 is 2.71 bits per heavy atom. The number of benzene rings is 1. The Hall–Kier alpha value is -1.40. The standard InChI is InChI=1S/C9H6N2S.C2H6/c10-6-5-9-11-7-3-1-2-4-8(7)12-9;1-2/h1-4H,5H2;1-2H3. The lowest BCUT2D eigenvalue weighted by Crippen LogP contribution is -1.75. The van der Waals surface area contributed by atoms with E-state index in [4.69, 9.17) is 5.26 Å². The molecule has 2 nitrogen and oxygen atoms in total. The molecular weight excluding hydrogens is 192 g/mol. The molecule has 0 bridgehead atoms. The Balaban J connectivity index is 0.000000461. The lowest BCUT2D eigenvalue weighted by molar-refractivity contribution is 1.21. The second-order valence-electron chi connectivity index (χ2n) is 2.41. The van der Waals surface area contributed by atoms with Gasteiger partial charge in [-0.25, -0.2) is 4.98 Å². The molecule has 0 fully saturated rings. The van der Waals surface area contributed by atoms with Crippen molar-refractivity contribution in [1.82, 2.24) is 4.98 Å². The van der Waals surface area contributed by atoms with Gasteiger partial charge in [0.1, 0.15) is 5.01 Å². The smallest absolute Gasteiger partial charge is 0.108 e. The molecule has 2 aromatic rings. The Labute approximate surface area is 87.8 Å². The molecule has 72 valence electrons. The first kappa shape index (κ1) is 10.7. The molecule has 2 rings (SSSR count). The second-order valence-corrected chi connectivity index (χ2v) is 3.53. The summed E-state index contributed by atoms with van der Waals surface area (Å²) in [5, 5.41) is 9.36. The van der Waals surface area contributed by atoms with Crippen molar-refractivity contribution < 1.29 is 0 Å². The number of para-hydroxylation sites is 1. The number of aromatic nitrogens is 1. The summed E-state index contributed by atoms with van der Waals surface area (Å²) >= 11 is 1.59. The molecule has 0 atom stereocenters. The molecule has 0 amide bonds. The second kappa shape index (κ2) is 5.36. The predicted molar refractivity (Wildman–Crippen MR) is 60.3 cm³/mol. The molecule has 1 aromatic heterocycles. The van der Waals surface area contributed by atoms with E-state index in [1.54, 1.807) is 11.3 Å². The summed E-state index contributed by atoms with van der Waals surface area (Å²) in [5.74, 6) is 0. The van der Waals surface area contributed by atoms with Crippen molar-refractivity contribution in [3.8, 4) is 6.07 Å². The van der Waals surface area contributed by atoms with Gasteiger partial charge in [-0.15, -0.1) is 11.3 Å². The fourth-order valence-corrected chi connectivity index (χ4v) is 1.96.